The Morgan fingerprint density at radius 2 is 1.77 bits per heavy atom. The first kappa shape index (κ1) is 16.5. The van der Waals surface area contributed by atoms with Gasteiger partial charge in [0.15, 0.2) is 5.79 Å². The predicted octanol–water partition coefficient (Wildman–Crippen LogP) is 1.84. The maximum absolute atomic E-state index is 12.5. The largest absolute Gasteiger partial charge is 0.427 e. The number of hydrogen-bond donors (Lipinski definition) is 0. The molecule has 6 heteroatoms. The van der Waals surface area contributed by atoms with Crippen LogP contribution >= 0.6 is 0 Å². The van der Waals surface area contributed by atoms with Gasteiger partial charge in [-0.15, -0.1) is 0 Å². The third kappa shape index (κ3) is 3.64. The second kappa shape index (κ2) is 6.89. The third-order valence-corrected chi connectivity index (χ3v) is 3.90. The summed E-state index contributed by atoms with van der Waals surface area (Å²) >= 11 is 0. The van der Waals surface area contributed by atoms with Crippen LogP contribution in [0, 0.1) is 0 Å². The van der Waals surface area contributed by atoms with Gasteiger partial charge in [-0.3, -0.25) is 9.59 Å². The molecule has 1 amide bonds. The van der Waals surface area contributed by atoms with Crippen molar-refractivity contribution in [2.45, 2.75) is 25.6 Å². The molecule has 1 aliphatic heterocycles. The summed E-state index contributed by atoms with van der Waals surface area (Å²) in [4.78, 5) is 25.3. The number of piperidine rings is 1. The van der Waals surface area contributed by atoms with E-state index in [1.165, 1.54) is 6.92 Å². The van der Waals surface area contributed by atoms with Crippen LogP contribution in [0.1, 0.15) is 30.1 Å². The lowest BCUT2D eigenvalue weighted by atomic mass is 10.0. The van der Waals surface area contributed by atoms with Gasteiger partial charge in [-0.05, 0) is 18.2 Å². The van der Waals surface area contributed by atoms with E-state index < -0.39 is 11.8 Å². The summed E-state index contributed by atoms with van der Waals surface area (Å²) in [5.41, 5.74) is 0.501. The molecule has 1 aromatic rings. The summed E-state index contributed by atoms with van der Waals surface area (Å²) in [5, 5.41) is 0. The molecule has 1 heterocycles. The molecule has 0 bridgehead atoms. The van der Waals surface area contributed by atoms with Crippen LogP contribution in [0.4, 0.5) is 0 Å². The molecule has 0 atom stereocenters. The molecule has 0 N–H and O–H groups in total. The zero-order chi connectivity index (χ0) is 16.2. The standard InChI is InChI=1S/C16H21NO5/c1-12(18)22-14-6-4-5-13(11-14)15(19)17-9-7-16(20-2,21-3)8-10-17/h4-6,11H,7-10H2,1-3H3. The SMILES string of the molecule is COC1(OC)CCN(C(=O)c2cccc(OC(C)=O)c2)CC1. The molecule has 1 fully saturated rings. The van der Waals surface area contributed by atoms with Crippen molar-refractivity contribution < 1.29 is 23.8 Å². The van der Waals surface area contributed by atoms with Gasteiger partial charge in [-0.1, -0.05) is 6.07 Å². The highest BCUT2D eigenvalue weighted by molar-refractivity contribution is 5.94. The van der Waals surface area contributed by atoms with Crippen molar-refractivity contribution in [3.05, 3.63) is 29.8 Å². The van der Waals surface area contributed by atoms with Gasteiger partial charge >= 0.3 is 5.97 Å². The molecular formula is C16H21NO5. The molecule has 1 saturated heterocycles. The van der Waals surface area contributed by atoms with Crippen LogP contribution in [-0.4, -0.2) is 49.9 Å². The number of benzene rings is 1. The molecule has 1 aliphatic rings. The van der Waals surface area contributed by atoms with E-state index in [2.05, 4.69) is 0 Å². The second-order valence-corrected chi connectivity index (χ2v) is 5.23. The van der Waals surface area contributed by atoms with Crippen molar-refractivity contribution in [1.29, 1.82) is 0 Å². The first-order valence-corrected chi connectivity index (χ1v) is 7.18. The van der Waals surface area contributed by atoms with Gasteiger partial charge in [0.2, 0.25) is 0 Å². The maximum atomic E-state index is 12.5. The lowest BCUT2D eigenvalue weighted by Crippen LogP contribution is -2.48. The average molecular weight is 307 g/mol. The molecule has 22 heavy (non-hydrogen) atoms. The Kier molecular flexibility index (Phi) is 5.15. The number of carbonyl (C=O) groups is 2. The summed E-state index contributed by atoms with van der Waals surface area (Å²) in [5.74, 6) is -0.725. The maximum Gasteiger partial charge on any atom is 0.308 e. The highest BCUT2D eigenvalue weighted by Crippen LogP contribution is 2.27. The van der Waals surface area contributed by atoms with E-state index in [4.69, 9.17) is 14.2 Å². The summed E-state index contributed by atoms with van der Waals surface area (Å²) in [7, 11) is 3.23. The lowest BCUT2D eigenvalue weighted by molar-refractivity contribution is -0.226. The lowest BCUT2D eigenvalue weighted by Gasteiger charge is -2.39. The van der Waals surface area contributed by atoms with Gasteiger partial charge in [-0.2, -0.15) is 0 Å². The van der Waals surface area contributed by atoms with Crippen molar-refractivity contribution in [2.75, 3.05) is 27.3 Å². The number of hydrogen-bond acceptors (Lipinski definition) is 5. The summed E-state index contributed by atoms with van der Waals surface area (Å²) in [6.07, 6.45) is 1.24. The molecule has 2 rings (SSSR count). The van der Waals surface area contributed by atoms with Crippen LogP contribution in [-0.2, 0) is 14.3 Å². The smallest absolute Gasteiger partial charge is 0.308 e. The Bertz CT molecular complexity index is 543. The number of rotatable bonds is 4. The highest BCUT2D eigenvalue weighted by atomic mass is 16.7. The topological polar surface area (TPSA) is 65.1 Å². The fraction of sp³-hybridized carbons (Fsp3) is 0.500. The zero-order valence-electron chi connectivity index (χ0n) is 13.1. The van der Waals surface area contributed by atoms with E-state index in [-0.39, 0.29) is 5.91 Å². The van der Waals surface area contributed by atoms with Gasteiger partial charge in [0.05, 0.1) is 0 Å². The molecule has 0 unspecified atom stereocenters. The minimum atomic E-state index is -0.601. The molecule has 120 valence electrons. The van der Waals surface area contributed by atoms with Crippen molar-refractivity contribution in [1.82, 2.24) is 4.90 Å². The number of amides is 1. The van der Waals surface area contributed by atoms with Crippen molar-refractivity contribution >= 4 is 11.9 Å². The number of methoxy groups -OCH3 is 2. The minimum Gasteiger partial charge on any atom is -0.427 e. The number of nitrogens with zero attached hydrogens (tertiary/aromatic N) is 1. The van der Waals surface area contributed by atoms with Crippen LogP contribution in [0.25, 0.3) is 0 Å². The van der Waals surface area contributed by atoms with Crippen LogP contribution < -0.4 is 4.74 Å². The third-order valence-electron chi connectivity index (χ3n) is 3.90. The van der Waals surface area contributed by atoms with E-state index in [0.717, 1.165) is 0 Å². The molecule has 1 aromatic carbocycles. The Morgan fingerprint density at radius 1 is 1.14 bits per heavy atom. The van der Waals surface area contributed by atoms with E-state index in [1.807, 2.05) is 0 Å². The predicted molar refractivity (Wildman–Crippen MR) is 79.6 cm³/mol. The molecule has 6 nitrogen and oxygen atoms in total. The van der Waals surface area contributed by atoms with Gasteiger partial charge < -0.3 is 19.1 Å². The fourth-order valence-corrected chi connectivity index (χ4v) is 2.58. The Morgan fingerprint density at radius 3 is 2.32 bits per heavy atom. The molecule has 0 saturated carbocycles. The van der Waals surface area contributed by atoms with Crippen LogP contribution in [0.3, 0.4) is 0 Å². The van der Waals surface area contributed by atoms with Gasteiger partial charge in [0.1, 0.15) is 5.75 Å². The van der Waals surface area contributed by atoms with Crippen molar-refractivity contribution in [3.63, 3.8) is 0 Å². The summed E-state index contributed by atoms with van der Waals surface area (Å²) in [6, 6.07) is 6.64. The van der Waals surface area contributed by atoms with Gasteiger partial charge in [-0.25, -0.2) is 0 Å². The Labute approximate surface area is 129 Å². The summed E-state index contributed by atoms with van der Waals surface area (Å²) < 4.78 is 15.8. The number of likely N-dealkylation sites (tertiary alicyclic amines) is 1. The first-order valence-electron chi connectivity index (χ1n) is 7.18. The highest BCUT2D eigenvalue weighted by Gasteiger charge is 2.36. The van der Waals surface area contributed by atoms with Crippen LogP contribution in [0.2, 0.25) is 0 Å². The average Bonchev–Trinajstić information content (AvgIpc) is 2.54. The number of carbonyl (C=O) groups excluding carboxylic acids is 2. The van der Waals surface area contributed by atoms with E-state index in [0.29, 0.717) is 37.2 Å². The Balaban J connectivity index is 2.05. The molecule has 0 radical (unpaired) electrons. The van der Waals surface area contributed by atoms with Crippen molar-refractivity contribution in [2.24, 2.45) is 0 Å². The van der Waals surface area contributed by atoms with Gasteiger partial charge in [0, 0.05) is 52.6 Å². The van der Waals surface area contributed by atoms with E-state index >= 15 is 0 Å². The fourth-order valence-electron chi connectivity index (χ4n) is 2.58. The zero-order valence-corrected chi connectivity index (χ0v) is 13.1. The number of ether oxygens (including phenoxy) is 3. The first-order chi connectivity index (χ1) is 10.5. The number of esters is 1. The molecule has 0 aliphatic carbocycles. The van der Waals surface area contributed by atoms with Crippen molar-refractivity contribution in [3.8, 4) is 5.75 Å². The van der Waals surface area contributed by atoms with E-state index in [9.17, 15) is 9.59 Å². The van der Waals surface area contributed by atoms with E-state index in [1.54, 1.807) is 43.4 Å². The second-order valence-electron chi connectivity index (χ2n) is 5.23. The minimum absolute atomic E-state index is 0.0881. The van der Waals surface area contributed by atoms with Crippen LogP contribution in [0.5, 0.6) is 5.75 Å². The quantitative estimate of drug-likeness (QED) is 0.482. The van der Waals surface area contributed by atoms with Gasteiger partial charge in [0.25, 0.3) is 5.91 Å². The molecule has 0 aromatic heterocycles. The molecule has 0 spiro atoms. The summed E-state index contributed by atoms with van der Waals surface area (Å²) in [6.45, 7) is 2.44. The normalized spacial score (nSPS) is 17.1. The molecular weight excluding hydrogens is 286 g/mol. The monoisotopic (exact) mass is 307 g/mol. The van der Waals surface area contributed by atoms with Crippen LogP contribution in [0.15, 0.2) is 24.3 Å². The Hall–Kier alpha value is -1.92.